The van der Waals surface area contributed by atoms with Crippen molar-refractivity contribution in [3.63, 3.8) is 0 Å². The number of hydrogen-bond acceptors (Lipinski definition) is 5. The number of aromatic nitrogens is 3. The van der Waals surface area contributed by atoms with Crippen molar-refractivity contribution >= 4 is 23.5 Å². The van der Waals surface area contributed by atoms with Gasteiger partial charge in [0.25, 0.3) is 0 Å². The molecule has 2 heterocycles. The minimum atomic E-state index is -4.64. The van der Waals surface area contributed by atoms with Gasteiger partial charge < -0.3 is 14.0 Å². The van der Waals surface area contributed by atoms with Crippen LogP contribution in [0.3, 0.4) is 0 Å². The zero-order chi connectivity index (χ0) is 25.5. The molecule has 1 aromatic heterocycles. The number of nitrogens with zero attached hydrogens (tertiary/aromatic N) is 3. The van der Waals surface area contributed by atoms with Crippen molar-refractivity contribution in [3.8, 4) is 11.4 Å². The van der Waals surface area contributed by atoms with Gasteiger partial charge >= 0.3 is 13.3 Å². The van der Waals surface area contributed by atoms with E-state index >= 15 is 0 Å². The molecule has 1 saturated heterocycles. The van der Waals surface area contributed by atoms with E-state index in [0.29, 0.717) is 12.2 Å². The summed E-state index contributed by atoms with van der Waals surface area (Å²) in [6.45, 7) is 12.1. The standard InChI is InChI=1S/C23H34BF3N3O3S/c1-20(2,34(7)8)13-14-31-15-30-19(23(25,26)27)28-18(29-30)16-9-11-17(12-10-16)24-32-21(3,4)22(5,6)33-24/h9-12H,13-15H2,1-8H3/q+1. The summed E-state index contributed by atoms with van der Waals surface area (Å²) in [5.74, 6) is -1.09. The Morgan fingerprint density at radius 2 is 1.59 bits per heavy atom. The molecule has 1 fully saturated rings. The van der Waals surface area contributed by atoms with Crippen LogP contribution in [0.25, 0.3) is 11.4 Å². The summed E-state index contributed by atoms with van der Waals surface area (Å²) < 4.78 is 59.2. The second-order valence-corrected chi connectivity index (χ2v) is 13.1. The first-order valence-corrected chi connectivity index (χ1v) is 13.2. The maximum atomic E-state index is 13.6. The second kappa shape index (κ2) is 9.48. The van der Waals surface area contributed by atoms with Crippen LogP contribution in [0.5, 0.6) is 0 Å². The summed E-state index contributed by atoms with van der Waals surface area (Å²) in [7, 11) is -0.394. The topological polar surface area (TPSA) is 58.4 Å². The van der Waals surface area contributed by atoms with E-state index in [1.54, 1.807) is 24.3 Å². The maximum absolute atomic E-state index is 13.6. The fraction of sp³-hybridized carbons (Fsp3) is 0.652. The minimum absolute atomic E-state index is 0.0135. The van der Waals surface area contributed by atoms with Crippen molar-refractivity contribution in [2.45, 2.75) is 76.8 Å². The third-order valence-electron chi connectivity index (χ3n) is 6.79. The van der Waals surface area contributed by atoms with Gasteiger partial charge in [0.15, 0.2) is 5.82 Å². The first-order chi connectivity index (χ1) is 15.5. The van der Waals surface area contributed by atoms with E-state index in [4.69, 9.17) is 14.0 Å². The highest BCUT2D eigenvalue weighted by molar-refractivity contribution is 7.96. The zero-order valence-electron chi connectivity index (χ0n) is 21.1. The van der Waals surface area contributed by atoms with Gasteiger partial charge in [-0.05, 0) is 57.9 Å². The highest BCUT2D eigenvalue weighted by atomic mass is 32.2. The molecule has 0 radical (unpaired) electrons. The van der Waals surface area contributed by atoms with E-state index < -0.39 is 30.3 Å². The third-order valence-corrected chi connectivity index (χ3v) is 9.20. The second-order valence-electron chi connectivity index (χ2n) is 10.3. The molecule has 1 aliphatic rings. The Bertz CT molecular complexity index is 976. The number of hydrogen-bond donors (Lipinski definition) is 0. The summed E-state index contributed by atoms with van der Waals surface area (Å²) in [5.41, 5.74) is 0.271. The van der Waals surface area contributed by atoms with Crippen LogP contribution in [-0.2, 0) is 37.8 Å². The summed E-state index contributed by atoms with van der Waals surface area (Å²) in [5, 5.41) is 4.09. The Morgan fingerprint density at radius 1 is 1.03 bits per heavy atom. The Balaban J connectivity index is 1.74. The molecule has 0 amide bonds. The molecule has 1 aromatic carbocycles. The first kappa shape index (κ1) is 27.0. The van der Waals surface area contributed by atoms with E-state index in [0.717, 1.165) is 16.6 Å². The van der Waals surface area contributed by atoms with Crippen LogP contribution in [0.1, 0.15) is 53.8 Å². The Hall–Kier alpha value is -1.56. The van der Waals surface area contributed by atoms with E-state index in [-0.39, 0.29) is 28.2 Å². The number of benzene rings is 1. The molecule has 0 unspecified atom stereocenters. The first-order valence-electron chi connectivity index (χ1n) is 11.2. The Labute approximate surface area is 203 Å². The lowest BCUT2D eigenvalue weighted by atomic mass is 9.79. The number of ether oxygens (including phenoxy) is 1. The quantitative estimate of drug-likeness (QED) is 0.308. The van der Waals surface area contributed by atoms with Crippen LogP contribution in [0.4, 0.5) is 13.2 Å². The van der Waals surface area contributed by atoms with Crippen molar-refractivity contribution < 1.29 is 27.2 Å². The van der Waals surface area contributed by atoms with Crippen molar-refractivity contribution in [1.82, 2.24) is 14.8 Å². The SMILES string of the molecule is C[S+](C)C(C)(C)CCOCn1nc(-c2ccc(B3OC(C)(C)C(C)(C)O3)cc2)nc1C(F)(F)F. The number of alkyl halides is 3. The van der Waals surface area contributed by atoms with E-state index in [1.807, 2.05) is 27.7 Å². The molecular formula is C23H34BF3N3O3S+. The van der Waals surface area contributed by atoms with Crippen LogP contribution >= 0.6 is 0 Å². The lowest BCUT2D eigenvalue weighted by Gasteiger charge is -2.32. The molecule has 2 aromatic rings. The van der Waals surface area contributed by atoms with Crippen LogP contribution < -0.4 is 5.46 Å². The fourth-order valence-corrected chi connectivity index (χ4v) is 3.70. The molecule has 0 atom stereocenters. The molecule has 0 aliphatic carbocycles. The Morgan fingerprint density at radius 3 is 2.09 bits per heavy atom. The van der Waals surface area contributed by atoms with Crippen LogP contribution in [0, 0.1) is 0 Å². The lowest BCUT2D eigenvalue weighted by molar-refractivity contribution is -0.150. The lowest BCUT2D eigenvalue weighted by Crippen LogP contribution is -2.41. The third kappa shape index (κ3) is 5.80. The highest BCUT2D eigenvalue weighted by Gasteiger charge is 2.51. The number of halogens is 3. The van der Waals surface area contributed by atoms with Gasteiger partial charge in [-0.15, -0.1) is 5.10 Å². The van der Waals surface area contributed by atoms with Gasteiger partial charge in [0.2, 0.25) is 5.82 Å². The largest absolute Gasteiger partial charge is 0.494 e. The molecular weight excluding hydrogens is 466 g/mol. The summed E-state index contributed by atoms with van der Waals surface area (Å²) >= 11 is 0. The average molecular weight is 500 g/mol. The molecule has 11 heteroatoms. The van der Waals surface area contributed by atoms with Crippen molar-refractivity contribution in [2.75, 3.05) is 19.1 Å². The Kier molecular flexibility index (Phi) is 7.54. The number of rotatable bonds is 8. The van der Waals surface area contributed by atoms with E-state index in [9.17, 15) is 13.2 Å². The zero-order valence-corrected chi connectivity index (χ0v) is 21.9. The summed E-state index contributed by atoms with van der Waals surface area (Å²) in [6.07, 6.45) is 0.384. The molecule has 0 N–H and O–H groups in total. The van der Waals surface area contributed by atoms with Gasteiger partial charge in [0, 0.05) is 12.0 Å². The molecule has 3 rings (SSSR count). The van der Waals surface area contributed by atoms with Gasteiger partial charge in [0.1, 0.15) is 11.5 Å². The van der Waals surface area contributed by atoms with Crippen molar-refractivity contribution in [2.24, 2.45) is 0 Å². The fourth-order valence-electron chi connectivity index (χ4n) is 3.21. The van der Waals surface area contributed by atoms with Crippen molar-refractivity contribution in [1.29, 1.82) is 0 Å². The van der Waals surface area contributed by atoms with Crippen LogP contribution in [0.2, 0.25) is 0 Å². The van der Waals surface area contributed by atoms with Gasteiger partial charge in [0.05, 0.1) is 30.3 Å². The van der Waals surface area contributed by atoms with E-state index in [2.05, 4.69) is 36.4 Å². The van der Waals surface area contributed by atoms with Gasteiger partial charge in [-0.25, -0.2) is 9.67 Å². The minimum Gasteiger partial charge on any atom is -0.399 e. The molecule has 1 aliphatic heterocycles. The maximum Gasteiger partial charge on any atom is 0.494 e. The van der Waals surface area contributed by atoms with Gasteiger partial charge in [-0.2, -0.15) is 13.2 Å². The van der Waals surface area contributed by atoms with Crippen molar-refractivity contribution in [3.05, 3.63) is 30.1 Å². The highest BCUT2D eigenvalue weighted by Crippen LogP contribution is 2.36. The normalized spacial score (nSPS) is 18.2. The molecule has 0 spiro atoms. The molecule has 188 valence electrons. The molecule has 6 nitrogen and oxygen atoms in total. The molecule has 0 saturated carbocycles. The van der Waals surface area contributed by atoms with E-state index in [1.165, 1.54) is 0 Å². The predicted octanol–water partition coefficient (Wildman–Crippen LogP) is 4.28. The van der Waals surface area contributed by atoms with Gasteiger partial charge in [-0.3, -0.25) is 0 Å². The van der Waals surface area contributed by atoms with Crippen LogP contribution in [0.15, 0.2) is 24.3 Å². The van der Waals surface area contributed by atoms with Gasteiger partial charge in [-0.1, -0.05) is 24.3 Å². The molecule has 0 bridgehead atoms. The predicted molar refractivity (Wildman–Crippen MR) is 130 cm³/mol. The monoisotopic (exact) mass is 500 g/mol. The summed E-state index contributed by atoms with van der Waals surface area (Å²) in [6, 6.07) is 6.87. The molecule has 34 heavy (non-hydrogen) atoms. The van der Waals surface area contributed by atoms with Crippen LogP contribution in [-0.4, -0.2) is 57.0 Å². The smallest absolute Gasteiger partial charge is 0.399 e. The average Bonchev–Trinajstić information content (AvgIpc) is 3.23. The summed E-state index contributed by atoms with van der Waals surface area (Å²) in [4.78, 5) is 3.77.